The molecular formula is C22H33F2N3O5S. The zero-order chi connectivity index (χ0) is 25.0. The number of carbonyl (C=O) groups excluding carboxylic acids is 2. The topological polar surface area (TPSA) is 87.2 Å². The number of halogens is 2. The van der Waals surface area contributed by atoms with Crippen molar-refractivity contribution >= 4 is 21.9 Å². The largest absolute Gasteiger partial charge is 0.459 e. The number of benzene rings is 1. The maximum absolute atomic E-state index is 14.0. The standard InChI is InChI=1S/C22H33F2N3O5S/c1-22(2,3)32-20(28)15-26(13-12-25(4)5)21(29)16-8-10-27(11-9-16)33(30,31)19-14-17(23)6-7-18(19)24/h6-7,14,16H,8-13,15H2,1-5H3. The molecule has 1 fully saturated rings. The molecule has 0 bridgehead atoms. The quantitative estimate of drug-likeness (QED) is 0.520. The number of hydrogen-bond acceptors (Lipinski definition) is 6. The Bertz CT molecular complexity index is 955. The highest BCUT2D eigenvalue weighted by atomic mass is 32.2. The Kier molecular flexibility index (Phi) is 8.94. The van der Waals surface area contributed by atoms with Gasteiger partial charge in [-0.05, 0) is 65.9 Å². The van der Waals surface area contributed by atoms with Crippen LogP contribution in [0.4, 0.5) is 8.78 Å². The molecule has 0 aromatic heterocycles. The summed E-state index contributed by atoms with van der Waals surface area (Å²) in [7, 11) is -0.528. The number of nitrogens with zero attached hydrogens (tertiary/aromatic N) is 3. The number of likely N-dealkylation sites (N-methyl/N-ethyl adjacent to an activating group) is 1. The zero-order valence-corrected chi connectivity index (χ0v) is 20.6. The van der Waals surface area contributed by atoms with Gasteiger partial charge in [0.25, 0.3) is 0 Å². The van der Waals surface area contributed by atoms with Gasteiger partial charge in [0.2, 0.25) is 15.9 Å². The van der Waals surface area contributed by atoms with Gasteiger partial charge >= 0.3 is 5.97 Å². The van der Waals surface area contributed by atoms with E-state index in [2.05, 4.69) is 0 Å². The van der Waals surface area contributed by atoms with Crippen molar-refractivity contribution in [3.8, 4) is 0 Å². The third-order valence-electron chi connectivity index (χ3n) is 5.18. The van der Waals surface area contributed by atoms with Gasteiger partial charge in [0.05, 0.1) is 0 Å². The van der Waals surface area contributed by atoms with Crippen molar-refractivity contribution < 1.29 is 31.5 Å². The molecule has 8 nitrogen and oxygen atoms in total. The second-order valence-corrected chi connectivity index (χ2v) is 11.3. The van der Waals surface area contributed by atoms with Gasteiger partial charge in [-0.2, -0.15) is 4.31 Å². The van der Waals surface area contributed by atoms with E-state index in [0.29, 0.717) is 19.2 Å². The minimum Gasteiger partial charge on any atom is -0.459 e. The maximum atomic E-state index is 14.0. The summed E-state index contributed by atoms with van der Waals surface area (Å²) >= 11 is 0. The summed E-state index contributed by atoms with van der Waals surface area (Å²) in [5.41, 5.74) is -0.681. The molecule has 0 N–H and O–H groups in total. The van der Waals surface area contributed by atoms with E-state index in [1.165, 1.54) is 4.90 Å². The summed E-state index contributed by atoms with van der Waals surface area (Å²) in [6.45, 7) is 5.87. The summed E-state index contributed by atoms with van der Waals surface area (Å²) in [5, 5.41) is 0. The van der Waals surface area contributed by atoms with Gasteiger partial charge in [-0.1, -0.05) is 0 Å². The lowest BCUT2D eigenvalue weighted by Crippen LogP contribution is -2.48. The van der Waals surface area contributed by atoms with Crippen LogP contribution in [0, 0.1) is 17.6 Å². The van der Waals surface area contributed by atoms with E-state index in [1.807, 2.05) is 19.0 Å². The third-order valence-corrected chi connectivity index (χ3v) is 7.10. The molecule has 1 aliphatic heterocycles. The van der Waals surface area contributed by atoms with Crippen LogP contribution < -0.4 is 0 Å². The van der Waals surface area contributed by atoms with E-state index < -0.39 is 44.0 Å². The summed E-state index contributed by atoms with van der Waals surface area (Å²) in [6, 6.07) is 2.29. The Morgan fingerprint density at radius 2 is 1.73 bits per heavy atom. The first-order valence-corrected chi connectivity index (χ1v) is 12.3. The Morgan fingerprint density at radius 3 is 2.27 bits per heavy atom. The molecule has 11 heteroatoms. The smallest absolute Gasteiger partial charge is 0.326 e. The van der Waals surface area contributed by atoms with Gasteiger partial charge < -0.3 is 14.5 Å². The lowest BCUT2D eigenvalue weighted by Gasteiger charge is -2.34. The number of ether oxygens (including phenoxy) is 1. The number of carbonyl (C=O) groups is 2. The van der Waals surface area contributed by atoms with Gasteiger partial charge in [-0.25, -0.2) is 17.2 Å². The maximum Gasteiger partial charge on any atom is 0.326 e. The molecule has 0 atom stereocenters. The van der Waals surface area contributed by atoms with Gasteiger partial charge in [0, 0.05) is 32.1 Å². The second kappa shape index (κ2) is 10.9. The van der Waals surface area contributed by atoms with Crippen LogP contribution in [-0.2, 0) is 24.3 Å². The number of hydrogen-bond donors (Lipinski definition) is 0. The SMILES string of the molecule is CN(C)CCN(CC(=O)OC(C)(C)C)C(=O)C1CCN(S(=O)(=O)c2cc(F)ccc2F)CC1. The minimum absolute atomic E-state index is 0.0113. The van der Waals surface area contributed by atoms with Gasteiger partial charge in [-0.15, -0.1) is 0 Å². The highest BCUT2D eigenvalue weighted by Gasteiger charge is 2.36. The predicted molar refractivity (Wildman–Crippen MR) is 119 cm³/mol. The number of esters is 1. The summed E-state index contributed by atoms with van der Waals surface area (Å²) in [5.74, 6) is -3.13. The van der Waals surface area contributed by atoms with Gasteiger partial charge in [0.1, 0.15) is 28.7 Å². The van der Waals surface area contributed by atoms with Crippen molar-refractivity contribution in [2.75, 3.05) is 46.8 Å². The fourth-order valence-corrected chi connectivity index (χ4v) is 5.08. The Balaban J connectivity index is 2.08. The van der Waals surface area contributed by atoms with Crippen molar-refractivity contribution in [2.24, 2.45) is 5.92 Å². The number of rotatable bonds is 8. The van der Waals surface area contributed by atoms with Crippen molar-refractivity contribution in [3.63, 3.8) is 0 Å². The fourth-order valence-electron chi connectivity index (χ4n) is 3.53. The lowest BCUT2D eigenvalue weighted by molar-refractivity contribution is -0.160. The summed E-state index contributed by atoms with van der Waals surface area (Å²) in [6.07, 6.45) is 0.420. The van der Waals surface area contributed by atoms with Crippen molar-refractivity contribution in [2.45, 2.75) is 44.1 Å². The normalized spacial score (nSPS) is 16.1. The molecule has 0 spiro atoms. The molecule has 1 amide bonds. The molecular weight excluding hydrogens is 456 g/mol. The average molecular weight is 490 g/mol. The molecule has 186 valence electrons. The fraction of sp³-hybridized carbons (Fsp3) is 0.636. The third kappa shape index (κ3) is 7.72. The molecule has 33 heavy (non-hydrogen) atoms. The molecule has 1 heterocycles. The second-order valence-electron chi connectivity index (χ2n) is 9.40. The van der Waals surface area contributed by atoms with Gasteiger partial charge in [-0.3, -0.25) is 9.59 Å². The highest BCUT2D eigenvalue weighted by Crippen LogP contribution is 2.27. The number of piperidine rings is 1. The molecule has 0 saturated carbocycles. The highest BCUT2D eigenvalue weighted by molar-refractivity contribution is 7.89. The Hall–Kier alpha value is -2.11. The molecule has 1 saturated heterocycles. The summed E-state index contributed by atoms with van der Waals surface area (Å²) < 4.78 is 59.5. The average Bonchev–Trinajstić information content (AvgIpc) is 2.71. The first kappa shape index (κ1) is 27.1. The summed E-state index contributed by atoms with van der Waals surface area (Å²) in [4.78, 5) is 28.1. The van der Waals surface area contributed by atoms with Crippen LogP contribution >= 0.6 is 0 Å². The van der Waals surface area contributed by atoms with E-state index in [-0.39, 0.29) is 38.4 Å². The molecule has 0 radical (unpaired) electrons. The Labute approximate surface area is 194 Å². The van der Waals surface area contributed by atoms with Crippen molar-refractivity contribution in [1.29, 1.82) is 0 Å². The molecule has 0 aliphatic carbocycles. The number of amides is 1. The van der Waals surface area contributed by atoms with Crippen LogP contribution in [0.25, 0.3) is 0 Å². The first-order chi connectivity index (χ1) is 15.2. The molecule has 1 aliphatic rings. The van der Waals surface area contributed by atoms with E-state index >= 15 is 0 Å². The van der Waals surface area contributed by atoms with Gasteiger partial charge in [0.15, 0.2) is 0 Å². The van der Waals surface area contributed by atoms with Crippen molar-refractivity contribution in [1.82, 2.24) is 14.1 Å². The van der Waals surface area contributed by atoms with Crippen LogP contribution in [-0.4, -0.2) is 86.8 Å². The molecule has 0 unspecified atom stereocenters. The van der Waals surface area contributed by atoms with E-state index in [1.54, 1.807) is 20.8 Å². The van der Waals surface area contributed by atoms with Crippen LogP contribution in [0.5, 0.6) is 0 Å². The minimum atomic E-state index is -4.23. The van der Waals surface area contributed by atoms with Crippen molar-refractivity contribution in [3.05, 3.63) is 29.8 Å². The van der Waals surface area contributed by atoms with E-state index in [0.717, 1.165) is 16.4 Å². The van der Waals surface area contributed by atoms with E-state index in [9.17, 15) is 26.8 Å². The van der Waals surface area contributed by atoms with Crippen LogP contribution in [0.3, 0.4) is 0 Å². The molecule has 1 aromatic carbocycles. The van der Waals surface area contributed by atoms with Crippen LogP contribution in [0.15, 0.2) is 23.1 Å². The lowest BCUT2D eigenvalue weighted by atomic mass is 9.96. The molecule has 1 aromatic rings. The zero-order valence-electron chi connectivity index (χ0n) is 19.8. The number of sulfonamides is 1. The van der Waals surface area contributed by atoms with Crippen LogP contribution in [0.1, 0.15) is 33.6 Å². The first-order valence-electron chi connectivity index (χ1n) is 10.8. The Morgan fingerprint density at radius 1 is 1.12 bits per heavy atom. The predicted octanol–water partition coefficient (Wildman–Crippen LogP) is 2.10. The monoisotopic (exact) mass is 489 g/mol. The molecule has 2 rings (SSSR count). The van der Waals surface area contributed by atoms with E-state index in [4.69, 9.17) is 4.74 Å². The van der Waals surface area contributed by atoms with Crippen LogP contribution in [0.2, 0.25) is 0 Å².